The minimum Gasteiger partial charge on any atom is -0.493 e. The number of carbonyl (C=O) groups excluding carboxylic acids is 1. The SMILES string of the molecule is CCC(N)(CC)CNC(=O)CCOc1cccc(C)c1C.Cl. The summed E-state index contributed by atoms with van der Waals surface area (Å²) in [5.74, 6) is 0.829. The Bertz CT molecular complexity index is 474. The van der Waals surface area contributed by atoms with Crippen molar-refractivity contribution in [2.75, 3.05) is 13.2 Å². The number of carbonyl (C=O) groups is 1. The Morgan fingerprint density at radius 1 is 1.27 bits per heavy atom. The van der Waals surface area contributed by atoms with Gasteiger partial charge in [-0.05, 0) is 43.9 Å². The van der Waals surface area contributed by atoms with Gasteiger partial charge in [0.2, 0.25) is 5.91 Å². The maximum Gasteiger partial charge on any atom is 0.223 e. The van der Waals surface area contributed by atoms with Crippen molar-refractivity contribution in [2.45, 2.75) is 52.5 Å². The molecular weight excluding hydrogens is 300 g/mol. The summed E-state index contributed by atoms with van der Waals surface area (Å²) >= 11 is 0. The summed E-state index contributed by atoms with van der Waals surface area (Å²) in [4.78, 5) is 11.8. The van der Waals surface area contributed by atoms with Crippen LogP contribution in [0.2, 0.25) is 0 Å². The second kappa shape index (κ2) is 9.70. The molecule has 0 aliphatic carbocycles. The van der Waals surface area contributed by atoms with Gasteiger partial charge in [0, 0.05) is 12.1 Å². The molecule has 126 valence electrons. The minimum absolute atomic E-state index is 0. The zero-order valence-electron chi connectivity index (χ0n) is 14.1. The van der Waals surface area contributed by atoms with Crippen molar-refractivity contribution in [3.8, 4) is 5.75 Å². The van der Waals surface area contributed by atoms with Gasteiger partial charge in [0.25, 0.3) is 0 Å². The first-order valence-electron chi connectivity index (χ1n) is 7.66. The lowest BCUT2D eigenvalue weighted by Gasteiger charge is -2.26. The Kier molecular flexibility index (Phi) is 9.14. The zero-order chi connectivity index (χ0) is 15.9. The Morgan fingerprint density at radius 3 is 2.50 bits per heavy atom. The fourth-order valence-electron chi connectivity index (χ4n) is 2.00. The highest BCUT2D eigenvalue weighted by atomic mass is 35.5. The van der Waals surface area contributed by atoms with Crippen molar-refractivity contribution in [3.63, 3.8) is 0 Å². The number of benzene rings is 1. The van der Waals surface area contributed by atoms with Crippen molar-refractivity contribution in [1.82, 2.24) is 5.32 Å². The highest BCUT2D eigenvalue weighted by molar-refractivity contribution is 5.85. The van der Waals surface area contributed by atoms with Gasteiger partial charge in [0.15, 0.2) is 0 Å². The largest absolute Gasteiger partial charge is 0.493 e. The van der Waals surface area contributed by atoms with Gasteiger partial charge in [-0.1, -0.05) is 26.0 Å². The Morgan fingerprint density at radius 2 is 1.91 bits per heavy atom. The van der Waals surface area contributed by atoms with Crippen molar-refractivity contribution < 1.29 is 9.53 Å². The lowest BCUT2D eigenvalue weighted by atomic mass is 9.94. The van der Waals surface area contributed by atoms with E-state index in [9.17, 15) is 4.79 Å². The smallest absolute Gasteiger partial charge is 0.223 e. The summed E-state index contributed by atoms with van der Waals surface area (Å²) in [6.45, 7) is 9.05. The van der Waals surface area contributed by atoms with E-state index in [0.29, 0.717) is 19.6 Å². The molecule has 1 aromatic rings. The maximum atomic E-state index is 11.8. The van der Waals surface area contributed by atoms with E-state index >= 15 is 0 Å². The first-order chi connectivity index (χ1) is 9.91. The Hall–Kier alpha value is -1.26. The fourth-order valence-corrected chi connectivity index (χ4v) is 2.00. The second-order valence-electron chi connectivity index (χ2n) is 5.64. The van der Waals surface area contributed by atoms with E-state index in [1.807, 2.05) is 45.9 Å². The predicted molar refractivity (Wildman–Crippen MR) is 93.8 cm³/mol. The van der Waals surface area contributed by atoms with Crippen molar-refractivity contribution >= 4 is 18.3 Å². The summed E-state index contributed by atoms with van der Waals surface area (Å²) in [7, 11) is 0. The molecule has 0 heterocycles. The molecule has 0 radical (unpaired) electrons. The third-order valence-electron chi connectivity index (χ3n) is 4.19. The van der Waals surface area contributed by atoms with Crippen LogP contribution in [0.4, 0.5) is 0 Å². The van der Waals surface area contributed by atoms with E-state index < -0.39 is 0 Å². The van der Waals surface area contributed by atoms with Crippen LogP contribution in [0.1, 0.15) is 44.2 Å². The number of rotatable bonds is 8. The van der Waals surface area contributed by atoms with Crippen LogP contribution < -0.4 is 15.8 Å². The maximum absolute atomic E-state index is 11.8. The summed E-state index contributed by atoms with van der Waals surface area (Å²) in [6.07, 6.45) is 2.04. The molecule has 0 saturated carbocycles. The number of amides is 1. The first-order valence-corrected chi connectivity index (χ1v) is 7.66. The molecule has 22 heavy (non-hydrogen) atoms. The number of halogens is 1. The highest BCUT2D eigenvalue weighted by Crippen LogP contribution is 2.20. The minimum atomic E-state index is -0.302. The van der Waals surface area contributed by atoms with Gasteiger partial charge < -0.3 is 15.8 Å². The summed E-state index contributed by atoms with van der Waals surface area (Å²) < 4.78 is 5.68. The molecule has 1 aromatic carbocycles. The van der Waals surface area contributed by atoms with Crippen molar-refractivity contribution in [3.05, 3.63) is 29.3 Å². The lowest BCUT2D eigenvalue weighted by Crippen LogP contribution is -2.49. The Balaban J connectivity index is 0.00000441. The molecule has 0 atom stereocenters. The molecule has 4 nitrogen and oxygen atoms in total. The van der Waals surface area contributed by atoms with Crippen LogP contribution in [0, 0.1) is 13.8 Å². The topological polar surface area (TPSA) is 64.3 Å². The molecule has 0 bridgehead atoms. The van der Waals surface area contributed by atoms with Gasteiger partial charge in [-0.2, -0.15) is 0 Å². The van der Waals surface area contributed by atoms with E-state index in [1.54, 1.807) is 0 Å². The van der Waals surface area contributed by atoms with Gasteiger partial charge in [0.05, 0.1) is 13.0 Å². The standard InChI is InChI=1S/C17H28N2O2.ClH/c1-5-17(18,6-2)12-19-16(20)10-11-21-15-9-7-8-13(3)14(15)4;/h7-9H,5-6,10-12,18H2,1-4H3,(H,19,20);1H. The van der Waals surface area contributed by atoms with Crippen LogP contribution in [0.15, 0.2) is 18.2 Å². The average Bonchev–Trinajstić information content (AvgIpc) is 2.49. The van der Waals surface area contributed by atoms with Crippen LogP contribution >= 0.6 is 12.4 Å². The first kappa shape index (κ1) is 20.7. The highest BCUT2D eigenvalue weighted by Gasteiger charge is 2.20. The molecule has 0 aliphatic rings. The average molecular weight is 329 g/mol. The molecule has 1 rings (SSSR count). The molecule has 0 aliphatic heterocycles. The molecule has 0 fully saturated rings. The fraction of sp³-hybridized carbons (Fsp3) is 0.588. The van der Waals surface area contributed by atoms with E-state index in [2.05, 4.69) is 5.32 Å². The number of ether oxygens (including phenoxy) is 1. The molecule has 3 N–H and O–H groups in total. The second-order valence-corrected chi connectivity index (χ2v) is 5.64. The molecule has 0 saturated heterocycles. The quantitative estimate of drug-likeness (QED) is 0.770. The van der Waals surface area contributed by atoms with Gasteiger partial charge in [-0.25, -0.2) is 0 Å². The van der Waals surface area contributed by atoms with E-state index in [1.165, 1.54) is 5.56 Å². The Labute approximate surface area is 140 Å². The van der Waals surface area contributed by atoms with Gasteiger partial charge in [-0.3, -0.25) is 4.79 Å². The van der Waals surface area contributed by atoms with Crippen molar-refractivity contribution in [1.29, 1.82) is 0 Å². The van der Waals surface area contributed by atoms with Crippen LogP contribution in [0.3, 0.4) is 0 Å². The molecule has 1 amide bonds. The number of nitrogens with one attached hydrogen (secondary N) is 1. The molecular formula is C17H29ClN2O2. The van der Waals surface area contributed by atoms with E-state index in [4.69, 9.17) is 10.5 Å². The van der Waals surface area contributed by atoms with Gasteiger partial charge >= 0.3 is 0 Å². The zero-order valence-corrected chi connectivity index (χ0v) is 14.9. The van der Waals surface area contributed by atoms with Crippen LogP contribution in [-0.2, 0) is 4.79 Å². The number of hydrogen-bond acceptors (Lipinski definition) is 3. The molecule has 0 unspecified atom stereocenters. The number of aryl methyl sites for hydroxylation is 1. The predicted octanol–water partition coefficient (Wildman–Crippen LogP) is 3.13. The number of nitrogens with two attached hydrogens (primary N) is 1. The summed E-state index contributed by atoms with van der Waals surface area (Å²) in [5.41, 5.74) is 8.16. The summed E-state index contributed by atoms with van der Waals surface area (Å²) in [6, 6.07) is 5.94. The molecule has 0 spiro atoms. The van der Waals surface area contributed by atoms with Gasteiger partial charge in [0.1, 0.15) is 5.75 Å². The summed E-state index contributed by atoms with van der Waals surface area (Å²) in [5, 5.41) is 2.89. The normalized spacial score (nSPS) is 10.8. The van der Waals surface area contributed by atoms with Crippen LogP contribution in [0.5, 0.6) is 5.75 Å². The van der Waals surface area contributed by atoms with Crippen molar-refractivity contribution in [2.24, 2.45) is 5.73 Å². The number of hydrogen-bond donors (Lipinski definition) is 2. The molecule has 5 heteroatoms. The molecule has 0 aromatic heterocycles. The van der Waals surface area contributed by atoms with E-state index in [0.717, 1.165) is 24.2 Å². The lowest BCUT2D eigenvalue weighted by molar-refractivity contribution is -0.121. The monoisotopic (exact) mass is 328 g/mol. The van der Waals surface area contributed by atoms with Gasteiger partial charge in [-0.15, -0.1) is 12.4 Å². The van der Waals surface area contributed by atoms with Crippen LogP contribution in [0.25, 0.3) is 0 Å². The van der Waals surface area contributed by atoms with E-state index in [-0.39, 0.29) is 23.9 Å². The van der Waals surface area contributed by atoms with Crippen LogP contribution in [-0.4, -0.2) is 24.6 Å². The third-order valence-corrected chi connectivity index (χ3v) is 4.19. The third kappa shape index (κ3) is 6.24.